The molecule has 0 aliphatic carbocycles. The van der Waals surface area contributed by atoms with Crippen LogP contribution in [-0.4, -0.2) is 36.4 Å². The van der Waals surface area contributed by atoms with Gasteiger partial charge in [0.1, 0.15) is 6.61 Å². The van der Waals surface area contributed by atoms with Crippen LogP contribution in [0.15, 0.2) is 85.1 Å². The fourth-order valence-corrected chi connectivity index (χ4v) is 8.32. The highest BCUT2D eigenvalue weighted by atomic mass is 16.6. The first kappa shape index (κ1) is 65.1. The third-order valence-corrected chi connectivity index (χ3v) is 12.7. The molecule has 0 aromatic carbocycles. The van der Waals surface area contributed by atoms with Crippen LogP contribution in [0.2, 0.25) is 0 Å². The van der Waals surface area contributed by atoms with Gasteiger partial charge in [-0.2, -0.15) is 0 Å². The molecule has 0 radical (unpaired) electrons. The van der Waals surface area contributed by atoms with Crippen molar-refractivity contribution < 1.29 is 24.2 Å². The largest absolute Gasteiger partial charge is 0.462 e. The Kier molecular flexibility index (Phi) is 55.9. The number of carbonyl (C=O) groups excluding carboxylic acids is 2. The van der Waals surface area contributed by atoms with E-state index < -0.39 is 6.10 Å². The van der Waals surface area contributed by atoms with Gasteiger partial charge in [0.05, 0.1) is 6.61 Å². The molecule has 68 heavy (non-hydrogen) atoms. The number of aliphatic hydroxyl groups is 1. The van der Waals surface area contributed by atoms with E-state index in [2.05, 4.69) is 98.9 Å². The maximum absolute atomic E-state index is 12.2. The highest BCUT2D eigenvalue weighted by Crippen LogP contribution is 2.17. The molecule has 1 unspecified atom stereocenters. The summed E-state index contributed by atoms with van der Waals surface area (Å²) in [5.41, 5.74) is 0. The minimum atomic E-state index is -0.796. The van der Waals surface area contributed by atoms with Crippen LogP contribution >= 0.6 is 0 Å². The summed E-state index contributed by atoms with van der Waals surface area (Å²) in [7, 11) is 0. The van der Waals surface area contributed by atoms with Crippen molar-refractivity contribution in [3.8, 4) is 0 Å². The van der Waals surface area contributed by atoms with E-state index in [1.165, 1.54) is 180 Å². The zero-order valence-corrected chi connectivity index (χ0v) is 44.9. The predicted molar refractivity (Wildman–Crippen MR) is 297 cm³/mol. The van der Waals surface area contributed by atoms with E-state index >= 15 is 0 Å². The average Bonchev–Trinajstić information content (AvgIpc) is 3.34. The molecule has 0 fully saturated rings. The lowest BCUT2D eigenvalue weighted by molar-refractivity contribution is -0.161. The quantitative estimate of drug-likeness (QED) is 0.0374. The number of carbonyl (C=O) groups is 2. The Balaban J connectivity index is 3.42. The Morgan fingerprint density at radius 1 is 0.353 bits per heavy atom. The number of esters is 2. The van der Waals surface area contributed by atoms with Gasteiger partial charge in [0.15, 0.2) is 6.10 Å². The highest BCUT2D eigenvalue weighted by molar-refractivity contribution is 5.70. The second-order valence-electron chi connectivity index (χ2n) is 19.3. The van der Waals surface area contributed by atoms with Crippen molar-refractivity contribution in [2.75, 3.05) is 13.2 Å². The van der Waals surface area contributed by atoms with E-state index in [-0.39, 0.29) is 25.2 Å². The summed E-state index contributed by atoms with van der Waals surface area (Å²) >= 11 is 0. The molecule has 0 aliphatic heterocycles. The maximum Gasteiger partial charge on any atom is 0.306 e. The van der Waals surface area contributed by atoms with Gasteiger partial charge < -0.3 is 14.6 Å². The zero-order valence-electron chi connectivity index (χ0n) is 44.9. The Bertz CT molecular complexity index is 1250. The third kappa shape index (κ3) is 55.7. The van der Waals surface area contributed by atoms with Gasteiger partial charge in [-0.25, -0.2) is 0 Å². The van der Waals surface area contributed by atoms with Crippen LogP contribution in [0.4, 0.5) is 0 Å². The van der Waals surface area contributed by atoms with Gasteiger partial charge in [-0.15, -0.1) is 0 Å². The van der Waals surface area contributed by atoms with Crippen LogP contribution in [0.1, 0.15) is 284 Å². The number of hydrogen-bond donors (Lipinski definition) is 1. The zero-order chi connectivity index (χ0) is 49.2. The van der Waals surface area contributed by atoms with E-state index in [1.54, 1.807) is 0 Å². The van der Waals surface area contributed by atoms with Crippen molar-refractivity contribution in [3.05, 3.63) is 85.1 Å². The van der Waals surface area contributed by atoms with Gasteiger partial charge in [0.25, 0.3) is 0 Å². The fraction of sp³-hybridized carbons (Fsp3) is 0.746. The number of allylic oxidation sites excluding steroid dienone is 14. The van der Waals surface area contributed by atoms with Crippen LogP contribution in [0, 0.1) is 0 Å². The van der Waals surface area contributed by atoms with E-state index in [9.17, 15) is 14.7 Å². The highest BCUT2D eigenvalue weighted by Gasteiger charge is 2.16. The van der Waals surface area contributed by atoms with Crippen LogP contribution in [-0.2, 0) is 19.1 Å². The summed E-state index contributed by atoms with van der Waals surface area (Å²) in [6.45, 7) is 3.99. The van der Waals surface area contributed by atoms with Crippen molar-refractivity contribution in [3.63, 3.8) is 0 Å². The number of ether oxygens (including phenoxy) is 2. The molecular weight excluding hydrogens is 837 g/mol. The third-order valence-electron chi connectivity index (χ3n) is 12.7. The first-order valence-electron chi connectivity index (χ1n) is 29.1. The Morgan fingerprint density at radius 2 is 0.632 bits per heavy atom. The number of hydrogen-bond acceptors (Lipinski definition) is 5. The van der Waals surface area contributed by atoms with Crippen molar-refractivity contribution in [2.24, 2.45) is 0 Å². The number of rotatable bonds is 53. The van der Waals surface area contributed by atoms with E-state index in [0.717, 1.165) is 77.0 Å². The molecule has 0 spiro atoms. The monoisotopic (exact) mass is 947 g/mol. The molecule has 0 bridgehead atoms. The smallest absolute Gasteiger partial charge is 0.306 e. The molecule has 0 aliphatic rings. The molecule has 392 valence electrons. The Labute approximate surface area is 422 Å². The lowest BCUT2D eigenvalue weighted by Gasteiger charge is -2.15. The Morgan fingerprint density at radius 3 is 0.985 bits per heavy atom. The normalized spacial score (nSPS) is 12.8. The summed E-state index contributed by atoms with van der Waals surface area (Å²) < 4.78 is 10.6. The Hall–Kier alpha value is -2.92. The van der Waals surface area contributed by atoms with E-state index in [1.807, 2.05) is 0 Å². The first-order chi connectivity index (χ1) is 33.6. The number of unbranched alkanes of at least 4 members (excludes halogenated alkanes) is 31. The van der Waals surface area contributed by atoms with Crippen molar-refractivity contribution in [1.82, 2.24) is 0 Å². The fourth-order valence-electron chi connectivity index (χ4n) is 8.32. The summed E-state index contributed by atoms with van der Waals surface area (Å²) in [5.74, 6) is -0.634. The summed E-state index contributed by atoms with van der Waals surface area (Å²) in [5, 5.41) is 9.61. The molecule has 0 rings (SSSR count). The minimum absolute atomic E-state index is 0.0833. The molecule has 5 heteroatoms. The van der Waals surface area contributed by atoms with Gasteiger partial charge in [-0.3, -0.25) is 9.59 Å². The van der Waals surface area contributed by atoms with Gasteiger partial charge in [-0.1, -0.05) is 266 Å². The molecule has 0 aromatic heterocycles. The molecule has 1 N–H and O–H groups in total. The lowest BCUT2D eigenvalue weighted by atomic mass is 10.0. The van der Waals surface area contributed by atoms with Crippen molar-refractivity contribution in [1.29, 1.82) is 0 Å². The predicted octanol–water partition coefficient (Wildman–Crippen LogP) is 19.8. The molecule has 5 nitrogen and oxygen atoms in total. The second kappa shape index (κ2) is 58.4. The van der Waals surface area contributed by atoms with Crippen LogP contribution < -0.4 is 0 Å². The van der Waals surface area contributed by atoms with Crippen LogP contribution in [0.3, 0.4) is 0 Å². The molecule has 0 aromatic rings. The molecular formula is C63H110O5. The van der Waals surface area contributed by atoms with Gasteiger partial charge in [0, 0.05) is 12.8 Å². The average molecular weight is 948 g/mol. The number of aliphatic hydroxyl groups excluding tert-OH is 1. The van der Waals surface area contributed by atoms with Crippen LogP contribution in [0.25, 0.3) is 0 Å². The molecule has 0 saturated heterocycles. The van der Waals surface area contributed by atoms with Gasteiger partial charge in [-0.05, 0) is 89.9 Å². The second-order valence-corrected chi connectivity index (χ2v) is 19.3. The molecule has 0 amide bonds. The summed E-state index contributed by atoms with van der Waals surface area (Å²) in [4.78, 5) is 24.4. The maximum atomic E-state index is 12.2. The minimum Gasteiger partial charge on any atom is -0.462 e. The van der Waals surface area contributed by atoms with Gasteiger partial charge >= 0.3 is 11.9 Å². The standard InChI is InChI=1S/C63H110O5/c1-3-5-7-9-11-13-15-17-19-20-21-22-23-24-25-26-27-28-29-30-31-32-33-34-35-36-37-38-39-40-41-42-44-45-47-49-51-53-55-57-62(65)67-60-61(59-64)68-63(66)58-56-54-52-50-48-46-43-18-16-14-12-10-8-6-4-2/h6,8,12,14-15,17-18,20-21,23-24,43,48,50,61,64H,3-5,7,9-11,13,16,19,22,25-42,44-47,49,51-60H2,1-2H3/b8-6-,14-12-,17-15-,21-20-,24-23-,43-18-,50-48-. The topological polar surface area (TPSA) is 72.8 Å². The lowest BCUT2D eigenvalue weighted by Crippen LogP contribution is -2.28. The molecule has 0 heterocycles. The molecule has 1 atom stereocenters. The van der Waals surface area contributed by atoms with E-state index in [4.69, 9.17) is 9.47 Å². The summed E-state index contributed by atoms with van der Waals surface area (Å²) in [6, 6.07) is 0. The summed E-state index contributed by atoms with van der Waals surface area (Å²) in [6.07, 6.45) is 81.6. The van der Waals surface area contributed by atoms with Crippen molar-refractivity contribution >= 4 is 11.9 Å². The van der Waals surface area contributed by atoms with Gasteiger partial charge in [0.2, 0.25) is 0 Å². The molecule has 0 saturated carbocycles. The van der Waals surface area contributed by atoms with E-state index in [0.29, 0.717) is 12.8 Å². The van der Waals surface area contributed by atoms with Crippen LogP contribution in [0.5, 0.6) is 0 Å². The SMILES string of the molecule is CC/C=C\C/C=C\C/C=C\C/C=C\CCCCC(=O)OC(CO)COC(=O)CCCCCCCCCCCCCCCCCCCCCCCCCC/C=C\C/C=C\C/C=C\CCCCCCC. The van der Waals surface area contributed by atoms with Crippen molar-refractivity contribution in [2.45, 2.75) is 290 Å². The first-order valence-corrected chi connectivity index (χ1v) is 29.1.